The number of carbonyl (C=O) groups excluding carboxylic acids is 1. The second-order valence-corrected chi connectivity index (χ2v) is 6.72. The molecule has 7 nitrogen and oxygen atoms in total. The van der Waals surface area contributed by atoms with Crippen LogP contribution in [0.15, 0.2) is 46.4 Å². The summed E-state index contributed by atoms with van der Waals surface area (Å²) < 4.78 is 5.35. The second-order valence-electron chi connectivity index (χ2n) is 5.77. The van der Waals surface area contributed by atoms with E-state index in [-0.39, 0.29) is 5.91 Å². The number of nitrogens with zero attached hydrogens (tertiary/aromatic N) is 5. The van der Waals surface area contributed by atoms with Gasteiger partial charge in [-0.25, -0.2) is 0 Å². The molecule has 1 saturated heterocycles. The molecule has 1 fully saturated rings. The topological polar surface area (TPSA) is 75.4 Å². The van der Waals surface area contributed by atoms with Gasteiger partial charge in [0.25, 0.3) is 5.91 Å². The number of aromatic nitrogens is 3. The maximum atomic E-state index is 12.4. The fraction of sp³-hybridized carbons (Fsp3) is 0.294. The predicted molar refractivity (Wildman–Crippen MR) is 93.0 cm³/mol. The lowest BCUT2D eigenvalue weighted by atomic mass is 10.2. The maximum absolute atomic E-state index is 12.4. The molecule has 0 spiro atoms. The molecular formula is C17H17N5O2S. The van der Waals surface area contributed by atoms with E-state index in [1.807, 2.05) is 34.5 Å². The summed E-state index contributed by atoms with van der Waals surface area (Å²) in [5.74, 6) is 1.22. The predicted octanol–water partition coefficient (Wildman–Crippen LogP) is 2.15. The zero-order valence-corrected chi connectivity index (χ0v) is 14.4. The number of thiophene rings is 1. The van der Waals surface area contributed by atoms with Crippen LogP contribution >= 0.6 is 11.3 Å². The molecule has 3 aromatic heterocycles. The van der Waals surface area contributed by atoms with Crippen molar-refractivity contribution in [1.29, 1.82) is 0 Å². The SMILES string of the molecule is O=C(c1ccccn1)N1CCN(Cc2nc(-c3cccs3)no2)CC1. The van der Waals surface area contributed by atoms with Crippen LogP contribution in [0, 0.1) is 0 Å². The first-order valence-electron chi connectivity index (χ1n) is 8.09. The molecule has 0 unspecified atom stereocenters. The largest absolute Gasteiger partial charge is 0.338 e. The van der Waals surface area contributed by atoms with E-state index in [0.717, 1.165) is 18.0 Å². The molecule has 8 heteroatoms. The lowest BCUT2D eigenvalue weighted by Gasteiger charge is -2.33. The van der Waals surface area contributed by atoms with Gasteiger partial charge in [-0.2, -0.15) is 4.98 Å². The van der Waals surface area contributed by atoms with Crippen LogP contribution in [0.1, 0.15) is 16.4 Å². The van der Waals surface area contributed by atoms with Gasteiger partial charge in [0.2, 0.25) is 11.7 Å². The Balaban J connectivity index is 1.33. The molecule has 25 heavy (non-hydrogen) atoms. The van der Waals surface area contributed by atoms with E-state index >= 15 is 0 Å². The summed E-state index contributed by atoms with van der Waals surface area (Å²) in [6.45, 7) is 3.48. The number of rotatable bonds is 4. The van der Waals surface area contributed by atoms with Gasteiger partial charge < -0.3 is 9.42 Å². The minimum Gasteiger partial charge on any atom is -0.338 e. The highest BCUT2D eigenvalue weighted by molar-refractivity contribution is 7.13. The standard InChI is InChI=1S/C17H17N5O2S/c23-17(13-4-1-2-6-18-13)22-9-7-21(8-10-22)12-15-19-16(20-24-15)14-5-3-11-25-14/h1-6,11H,7-10,12H2. The van der Waals surface area contributed by atoms with Gasteiger partial charge in [0.15, 0.2) is 0 Å². The van der Waals surface area contributed by atoms with Gasteiger partial charge in [0.1, 0.15) is 5.69 Å². The van der Waals surface area contributed by atoms with Crippen LogP contribution in [0.5, 0.6) is 0 Å². The van der Waals surface area contributed by atoms with Gasteiger partial charge in [-0.3, -0.25) is 14.7 Å². The van der Waals surface area contributed by atoms with Crippen LogP contribution in [-0.4, -0.2) is 57.0 Å². The quantitative estimate of drug-likeness (QED) is 0.714. The third-order valence-electron chi connectivity index (χ3n) is 4.11. The summed E-state index contributed by atoms with van der Waals surface area (Å²) >= 11 is 1.59. The Morgan fingerprint density at radius 2 is 2.04 bits per heavy atom. The Morgan fingerprint density at radius 3 is 2.76 bits per heavy atom. The van der Waals surface area contributed by atoms with E-state index in [1.165, 1.54) is 0 Å². The lowest BCUT2D eigenvalue weighted by Crippen LogP contribution is -2.48. The van der Waals surface area contributed by atoms with E-state index in [1.54, 1.807) is 23.6 Å². The van der Waals surface area contributed by atoms with Crippen molar-refractivity contribution in [2.45, 2.75) is 6.54 Å². The van der Waals surface area contributed by atoms with Crippen LogP contribution in [0.4, 0.5) is 0 Å². The summed E-state index contributed by atoms with van der Waals surface area (Å²) in [7, 11) is 0. The zero-order chi connectivity index (χ0) is 17.1. The van der Waals surface area contributed by atoms with E-state index in [0.29, 0.717) is 37.0 Å². The molecule has 1 aliphatic heterocycles. The molecule has 0 bridgehead atoms. The Hall–Kier alpha value is -2.58. The number of piperazine rings is 1. The van der Waals surface area contributed by atoms with Crippen LogP contribution in [0.25, 0.3) is 10.7 Å². The minimum absolute atomic E-state index is 0.0157. The molecule has 0 aromatic carbocycles. The van der Waals surface area contributed by atoms with Gasteiger partial charge >= 0.3 is 0 Å². The van der Waals surface area contributed by atoms with Crippen molar-refractivity contribution in [2.75, 3.05) is 26.2 Å². The fourth-order valence-corrected chi connectivity index (χ4v) is 3.43. The molecule has 0 atom stereocenters. The van der Waals surface area contributed by atoms with E-state index in [4.69, 9.17) is 4.52 Å². The molecule has 4 rings (SSSR count). The number of hydrogen-bond donors (Lipinski definition) is 0. The number of amides is 1. The van der Waals surface area contributed by atoms with Crippen molar-refractivity contribution in [3.05, 3.63) is 53.5 Å². The molecule has 1 amide bonds. The third kappa shape index (κ3) is 3.59. The summed E-state index contributed by atoms with van der Waals surface area (Å²) in [5.41, 5.74) is 0.494. The van der Waals surface area contributed by atoms with Crippen molar-refractivity contribution in [1.82, 2.24) is 24.9 Å². The highest BCUT2D eigenvalue weighted by Crippen LogP contribution is 2.21. The van der Waals surface area contributed by atoms with Crippen molar-refractivity contribution >= 4 is 17.2 Å². The molecule has 128 valence electrons. The highest BCUT2D eigenvalue weighted by atomic mass is 32.1. The van der Waals surface area contributed by atoms with Crippen LogP contribution in [0.3, 0.4) is 0 Å². The van der Waals surface area contributed by atoms with Gasteiger partial charge in [0.05, 0.1) is 11.4 Å². The summed E-state index contributed by atoms with van der Waals surface area (Å²) in [5, 5.41) is 6.02. The monoisotopic (exact) mass is 355 g/mol. The molecule has 4 heterocycles. The molecule has 0 N–H and O–H groups in total. The van der Waals surface area contributed by atoms with Crippen molar-refractivity contribution in [3.63, 3.8) is 0 Å². The summed E-state index contributed by atoms with van der Waals surface area (Å²) in [6, 6.07) is 9.33. The summed E-state index contributed by atoms with van der Waals surface area (Å²) in [6.07, 6.45) is 1.64. The Bertz CT molecular complexity index is 826. The van der Waals surface area contributed by atoms with E-state index < -0.39 is 0 Å². The normalized spacial score (nSPS) is 15.4. The van der Waals surface area contributed by atoms with Crippen LogP contribution < -0.4 is 0 Å². The molecule has 1 aliphatic rings. The Labute approximate surface area is 148 Å². The summed E-state index contributed by atoms with van der Waals surface area (Å²) in [4.78, 5) is 26.0. The van der Waals surface area contributed by atoms with Gasteiger partial charge in [-0.15, -0.1) is 11.3 Å². The Kier molecular flexibility index (Phi) is 4.53. The average Bonchev–Trinajstić information content (AvgIpc) is 3.34. The number of carbonyl (C=O) groups is 1. The second kappa shape index (κ2) is 7.12. The van der Waals surface area contributed by atoms with Crippen molar-refractivity contribution in [3.8, 4) is 10.7 Å². The molecular weight excluding hydrogens is 338 g/mol. The minimum atomic E-state index is -0.0157. The molecule has 0 saturated carbocycles. The molecule has 0 aliphatic carbocycles. The Morgan fingerprint density at radius 1 is 1.16 bits per heavy atom. The van der Waals surface area contributed by atoms with Crippen molar-refractivity contribution in [2.24, 2.45) is 0 Å². The zero-order valence-electron chi connectivity index (χ0n) is 13.5. The number of hydrogen-bond acceptors (Lipinski definition) is 7. The average molecular weight is 355 g/mol. The van der Waals surface area contributed by atoms with Gasteiger partial charge in [0, 0.05) is 32.4 Å². The van der Waals surface area contributed by atoms with Gasteiger partial charge in [-0.05, 0) is 23.6 Å². The van der Waals surface area contributed by atoms with Crippen LogP contribution in [0.2, 0.25) is 0 Å². The first-order valence-corrected chi connectivity index (χ1v) is 8.97. The number of pyridine rings is 1. The van der Waals surface area contributed by atoms with E-state index in [9.17, 15) is 4.79 Å². The maximum Gasteiger partial charge on any atom is 0.272 e. The first kappa shape index (κ1) is 15.9. The lowest BCUT2D eigenvalue weighted by molar-refractivity contribution is 0.0609. The molecule has 0 radical (unpaired) electrons. The fourth-order valence-electron chi connectivity index (χ4n) is 2.78. The molecule has 3 aromatic rings. The van der Waals surface area contributed by atoms with Crippen molar-refractivity contribution < 1.29 is 9.32 Å². The smallest absolute Gasteiger partial charge is 0.272 e. The highest BCUT2D eigenvalue weighted by Gasteiger charge is 2.24. The third-order valence-corrected chi connectivity index (χ3v) is 4.98. The van der Waals surface area contributed by atoms with Crippen LogP contribution in [-0.2, 0) is 6.54 Å². The van der Waals surface area contributed by atoms with E-state index in [2.05, 4.69) is 20.0 Å². The first-order chi connectivity index (χ1) is 12.3. The van der Waals surface area contributed by atoms with Gasteiger partial charge in [-0.1, -0.05) is 17.3 Å².